The van der Waals surface area contributed by atoms with Crippen LogP contribution in [0, 0.1) is 20.8 Å². The predicted molar refractivity (Wildman–Crippen MR) is 117 cm³/mol. The van der Waals surface area contributed by atoms with Crippen molar-refractivity contribution in [2.45, 2.75) is 32.5 Å². The molecule has 29 heavy (non-hydrogen) atoms. The molecule has 0 saturated heterocycles. The highest BCUT2D eigenvalue weighted by atomic mass is 32.2. The van der Waals surface area contributed by atoms with Crippen molar-refractivity contribution in [3.63, 3.8) is 0 Å². The van der Waals surface area contributed by atoms with Crippen molar-refractivity contribution in [3.8, 4) is 10.7 Å². The van der Waals surface area contributed by atoms with Crippen LogP contribution in [0.2, 0.25) is 0 Å². The van der Waals surface area contributed by atoms with Gasteiger partial charge in [0.25, 0.3) is 0 Å². The lowest BCUT2D eigenvalue weighted by Crippen LogP contribution is -2.08. The molecule has 0 fully saturated rings. The molecule has 0 bridgehead atoms. The number of thioether (sulfide) groups is 1. The molecule has 0 spiro atoms. The number of hydrogen-bond acceptors (Lipinski definition) is 6. The Morgan fingerprint density at radius 2 is 1.93 bits per heavy atom. The molecule has 0 unspecified atom stereocenters. The average molecular weight is 424 g/mol. The van der Waals surface area contributed by atoms with Gasteiger partial charge in [0.05, 0.1) is 23.4 Å². The minimum atomic E-state index is 0.0980. The summed E-state index contributed by atoms with van der Waals surface area (Å²) in [6.07, 6.45) is 1.66. The highest BCUT2D eigenvalue weighted by Gasteiger charge is 2.19. The van der Waals surface area contributed by atoms with Crippen LogP contribution < -0.4 is 0 Å². The van der Waals surface area contributed by atoms with Crippen molar-refractivity contribution < 1.29 is 9.21 Å². The second-order valence-electron chi connectivity index (χ2n) is 6.91. The summed E-state index contributed by atoms with van der Waals surface area (Å²) in [5.74, 6) is 2.01. The summed E-state index contributed by atoms with van der Waals surface area (Å²) in [6.45, 7) is 6.60. The Bertz CT molecular complexity index is 1130. The molecule has 0 atom stereocenters. The third kappa shape index (κ3) is 4.21. The molecule has 148 valence electrons. The number of furan rings is 1. The molecule has 5 nitrogen and oxygen atoms in total. The standard InChI is InChI=1S/C22H21N3O2S2/c1-14-10-16(3)18(11-15(14)2)19(26)13-29-22-24-23-21(20-7-5-9-28-20)25(22)12-17-6-4-8-27-17/h4-11H,12-13H2,1-3H3. The third-order valence-corrected chi connectivity index (χ3v) is 6.66. The number of carbonyl (C=O) groups is 1. The number of thiophene rings is 1. The zero-order valence-electron chi connectivity index (χ0n) is 16.5. The summed E-state index contributed by atoms with van der Waals surface area (Å²) in [5.41, 5.74) is 4.11. The molecule has 4 rings (SSSR count). The SMILES string of the molecule is Cc1cc(C)c(C(=O)CSc2nnc(-c3cccs3)n2Cc2ccco2)cc1C. The van der Waals surface area contributed by atoms with Crippen molar-refractivity contribution in [2.24, 2.45) is 0 Å². The van der Waals surface area contributed by atoms with Crippen molar-refractivity contribution in [2.75, 3.05) is 5.75 Å². The van der Waals surface area contributed by atoms with Gasteiger partial charge in [-0.2, -0.15) is 0 Å². The van der Waals surface area contributed by atoms with Gasteiger partial charge in [0.15, 0.2) is 16.8 Å². The molecule has 1 aromatic carbocycles. The molecule has 0 aliphatic carbocycles. The third-order valence-electron chi connectivity index (χ3n) is 4.83. The number of hydrogen-bond donors (Lipinski definition) is 0. The largest absolute Gasteiger partial charge is 0.467 e. The smallest absolute Gasteiger partial charge is 0.192 e. The maximum atomic E-state index is 12.9. The van der Waals surface area contributed by atoms with Crippen LogP contribution >= 0.6 is 23.1 Å². The van der Waals surface area contributed by atoms with E-state index in [-0.39, 0.29) is 5.78 Å². The zero-order valence-corrected chi connectivity index (χ0v) is 18.1. The fraction of sp³-hybridized carbons (Fsp3) is 0.227. The lowest BCUT2D eigenvalue weighted by Gasteiger charge is -2.10. The van der Waals surface area contributed by atoms with E-state index in [2.05, 4.69) is 23.2 Å². The maximum Gasteiger partial charge on any atom is 0.192 e. The van der Waals surface area contributed by atoms with Gasteiger partial charge in [-0.25, -0.2) is 0 Å². The van der Waals surface area contributed by atoms with Crippen LogP contribution in [0.1, 0.15) is 32.8 Å². The molecular weight excluding hydrogens is 402 g/mol. The topological polar surface area (TPSA) is 60.9 Å². The first-order chi connectivity index (χ1) is 14.0. The summed E-state index contributed by atoms with van der Waals surface area (Å²) in [4.78, 5) is 13.9. The lowest BCUT2D eigenvalue weighted by molar-refractivity contribution is 0.102. The zero-order chi connectivity index (χ0) is 20.4. The summed E-state index contributed by atoms with van der Waals surface area (Å²) in [7, 11) is 0. The van der Waals surface area contributed by atoms with E-state index in [4.69, 9.17) is 4.42 Å². The molecule has 0 aliphatic heterocycles. The Morgan fingerprint density at radius 3 is 2.66 bits per heavy atom. The van der Waals surface area contributed by atoms with Gasteiger partial charge in [-0.1, -0.05) is 23.9 Å². The van der Waals surface area contributed by atoms with Gasteiger partial charge in [-0.3, -0.25) is 9.36 Å². The summed E-state index contributed by atoms with van der Waals surface area (Å²) in [5, 5.41) is 11.5. The van der Waals surface area contributed by atoms with Crippen LogP contribution in [-0.4, -0.2) is 26.3 Å². The van der Waals surface area contributed by atoms with Crippen molar-refractivity contribution in [1.29, 1.82) is 0 Å². The van der Waals surface area contributed by atoms with E-state index in [0.717, 1.165) is 33.2 Å². The van der Waals surface area contributed by atoms with Gasteiger partial charge in [-0.05, 0) is 67.1 Å². The van der Waals surface area contributed by atoms with Crippen molar-refractivity contribution in [3.05, 3.63) is 76.1 Å². The predicted octanol–water partition coefficient (Wildman–Crippen LogP) is 5.55. The Balaban J connectivity index is 1.59. The van der Waals surface area contributed by atoms with Gasteiger partial charge in [0, 0.05) is 5.56 Å². The first-order valence-electron chi connectivity index (χ1n) is 9.26. The number of carbonyl (C=O) groups excluding carboxylic acids is 1. The second kappa shape index (κ2) is 8.39. The second-order valence-corrected chi connectivity index (χ2v) is 8.80. The van der Waals surface area contributed by atoms with Gasteiger partial charge in [-0.15, -0.1) is 21.5 Å². The summed E-state index contributed by atoms with van der Waals surface area (Å²) in [6, 6.07) is 11.9. The van der Waals surface area contributed by atoms with E-state index in [1.165, 1.54) is 17.3 Å². The van der Waals surface area contributed by atoms with Gasteiger partial charge in [0.1, 0.15) is 5.76 Å². The number of rotatable bonds is 7. The van der Waals surface area contributed by atoms with Gasteiger partial charge in [0.2, 0.25) is 0 Å². The van der Waals surface area contributed by atoms with E-state index >= 15 is 0 Å². The fourth-order valence-electron chi connectivity index (χ4n) is 3.15. The summed E-state index contributed by atoms with van der Waals surface area (Å²) >= 11 is 3.02. The number of nitrogens with zero attached hydrogens (tertiary/aromatic N) is 3. The average Bonchev–Trinajstić information content (AvgIpc) is 3.45. The molecule has 0 aliphatic rings. The highest BCUT2D eigenvalue weighted by molar-refractivity contribution is 7.99. The quantitative estimate of drug-likeness (QED) is 0.288. The van der Waals surface area contributed by atoms with E-state index < -0.39 is 0 Å². The molecule has 3 aromatic heterocycles. The molecule has 7 heteroatoms. The summed E-state index contributed by atoms with van der Waals surface area (Å²) < 4.78 is 7.53. The molecule has 0 radical (unpaired) electrons. The van der Waals surface area contributed by atoms with E-state index in [1.807, 2.05) is 54.1 Å². The minimum absolute atomic E-state index is 0.0980. The molecule has 4 aromatic rings. The first-order valence-corrected chi connectivity index (χ1v) is 11.1. The van der Waals surface area contributed by atoms with E-state index in [9.17, 15) is 4.79 Å². The maximum absolute atomic E-state index is 12.9. The molecule has 0 saturated carbocycles. The fourth-order valence-corrected chi connectivity index (χ4v) is 4.69. The Kier molecular flexibility index (Phi) is 5.69. The number of aromatic nitrogens is 3. The molecule has 0 N–H and O–H groups in total. The van der Waals surface area contributed by atoms with Crippen LogP contribution in [-0.2, 0) is 6.54 Å². The van der Waals surface area contributed by atoms with Gasteiger partial charge >= 0.3 is 0 Å². The molecule has 3 heterocycles. The van der Waals surface area contributed by atoms with Crippen molar-refractivity contribution in [1.82, 2.24) is 14.8 Å². The van der Waals surface area contributed by atoms with Crippen LogP contribution in [0.5, 0.6) is 0 Å². The number of benzene rings is 1. The normalized spacial score (nSPS) is 11.1. The number of Topliss-reactive ketones (excluding diaryl/α,β-unsaturated/α-hetero) is 1. The first kappa shape index (κ1) is 19.7. The Labute approximate surface area is 177 Å². The Morgan fingerprint density at radius 1 is 1.10 bits per heavy atom. The van der Waals surface area contributed by atoms with E-state index in [1.54, 1.807) is 17.6 Å². The monoisotopic (exact) mass is 423 g/mol. The van der Waals surface area contributed by atoms with Crippen LogP contribution in [0.3, 0.4) is 0 Å². The van der Waals surface area contributed by atoms with Crippen molar-refractivity contribution >= 4 is 28.9 Å². The van der Waals surface area contributed by atoms with E-state index in [0.29, 0.717) is 17.5 Å². The molecular formula is C22H21N3O2S2. The molecule has 0 amide bonds. The number of aryl methyl sites for hydroxylation is 3. The highest BCUT2D eigenvalue weighted by Crippen LogP contribution is 2.29. The van der Waals surface area contributed by atoms with Crippen LogP contribution in [0.4, 0.5) is 0 Å². The van der Waals surface area contributed by atoms with Crippen LogP contribution in [0.15, 0.2) is 57.6 Å². The van der Waals surface area contributed by atoms with Crippen LogP contribution in [0.25, 0.3) is 10.7 Å². The Hall–Kier alpha value is -2.64. The lowest BCUT2D eigenvalue weighted by atomic mass is 9.99. The van der Waals surface area contributed by atoms with Gasteiger partial charge < -0.3 is 4.42 Å². The number of ketones is 1. The minimum Gasteiger partial charge on any atom is -0.467 e.